The van der Waals surface area contributed by atoms with Gasteiger partial charge in [-0.2, -0.15) is 0 Å². The van der Waals surface area contributed by atoms with Crippen LogP contribution in [0.4, 0.5) is 4.79 Å². The van der Waals surface area contributed by atoms with Crippen molar-refractivity contribution in [1.29, 1.82) is 0 Å². The first-order valence-corrected chi connectivity index (χ1v) is 12.4. The monoisotopic (exact) mass is 470 g/mol. The zero-order valence-electron chi connectivity index (χ0n) is 20.1. The van der Waals surface area contributed by atoms with E-state index in [0.717, 1.165) is 24.0 Å². The maximum atomic E-state index is 13.3. The number of aryl methyl sites for hydroxylation is 1. The number of carbonyl (C=O) groups excluding carboxylic acids is 1. The number of methoxy groups -OCH3 is 1. The van der Waals surface area contributed by atoms with E-state index in [-0.39, 0.29) is 24.1 Å². The average Bonchev–Trinajstić information content (AvgIpc) is 3.34. The van der Waals surface area contributed by atoms with E-state index in [4.69, 9.17) is 9.47 Å². The average molecular weight is 471 g/mol. The number of ether oxygens (including phenoxy) is 2. The number of nitrogens with zero attached hydrogens (tertiary/aromatic N) is 2. The molecule has 0 spiro atoms. The van der Waals surface area contributed by atoms with Gasteiger partial charge in [0.15, 0.2) is 0 Å². The van der Waals surface area contributed by atoms with Crippen molar-refractivity contribution in [3.63, 3.8) is 0 Å². The minimum atomic E-state index is -1.00. The number of carbonyl (C=O) groups is 1. The minimum Gasteiger partial charge on any atom is -0.481 e. The summed E-state index contributed by atoms with van der Waals surface area (Å²) >= 11 is 0. The molecule has 3 aliphatic rings. The number of pyridine rings is 1. The van der Waals surface area contributed by atoms with Crippen molar-refractivity contribution in [2.75, 3.05) is 13.7 Å². The van der Waals surface area contributed by atoms with Crippen LogP contribution < -0.4 is 4.74 Å². The summed E-state index contributed by atoms with van der Waals surface area (Å²) in [6.07, 6.45) is 4.17. The molecule has 2 unspecified atom stereocenters. The van der Waals surface area contributed by atoms with Gasteiger partial charge in [0.25, 0.3) is 0 Å². The summed E-state index contributed by atoms with van der Waals surface area (Å²) in [6.45, 7) is 2.28. The second kappa shape index (κ2) is 8.38. The lowest BCUT2D eigenvalue weighted by atomic mass is 9.79. The molecule has 1 N–H and O–H groups in total. The second-order valence-corrected chi connectivity index (χ2v) is 10.1. The van der Waals surface area contributed by atoms with Crippen molar-refractivity contribution in [2.24, 2.45) is 0 Å². The highest BCUT2D eigenvalue weighted by Crippen LogP contribution is 2.48. The van der Waals surface area contributed by atoms with Gasteiger partial charge >= 0.3 is 6.09 Å². The van der Waals surface area contributed by atoms with Crippen molar-refractivity contribution < 1.29 is 19.4 Å². The summed E-state index contributed by atoms with van der Waals surface area (Å²) in [5.41, 5.74) is 5.62. The highest BCUT2D eigenvalue weighted by Gasteiger charge is 2.51. The van der Waals surface area contributed by atoms with E-state index in [1.54, 1.807) is 13.3 Å². The molecular formula is C29H30N2O4. The van der Waals surface area contributed by atoms with Crippen LogP contribution in [-0.2, 0) is 10.3 Å². The first-order valence-electron chi connectivity index (χ1n) is 12.4. The Balaban J connectivity index is 1.18. The van der Waals surface area contributed by atoms with Gasteiger partial charge in [0.2, 0.25) is 5.88 Å². The predicted octanol–water partition coefficient (Wildman–Crippen LogP) is 5.16. The molecule has 3 aromatic rings. The van der Waals surface area contributed by atoms with Gasteiger partial charge < -0.3 is 19.5 Å². The van der Waals surface area contributed by atoms with Crippen molar-refractivity contribution in [3.8, 4) is 17.0 Å². The normalized spacial score (nSPS) is 24.7. The Labute approximate surface area is 205 Å². The topological polar surface area (TPSA) is 71.9 Å². The van der Waals surface area contributed by atoms with Crippen LogP contribution >= 0.6 is 0 Å². The summed E-state index contributed by atoms with van der Waals surface area (Å²) < 4.78 is 11.2. The first kappa shape index (κ1) is 22.1. The van der Waals surface area contributed by atoms with Crippen LogP contribution in [0.15, 0.2) is 60.8 Å². The molecule has 2 fully saturated rings. The predicted molar refractivity (Wildman–Crippen MR) is 132 cm³/mol. The Morgan fingerprint density at radius 1 is 1.06 bits per heavy atom. The fourth-order valence-corrected chi connectivity index (χ4v) is 6.54. The molecule has 2 bridgehead atoms. The number of piperidine rings is 1. The molecule has 6 nitrogen and oxygen atoms in total. The standard InChI is InChI=1S/C29H30N2O4/c1-18-13-27(34-2)30-16-26(18)29(33)14-19-11-12-20(15-29)31(19)28(32)35-17-25-23-9-5-3-7-21(23)22-8-4-6-10-24(22)25/h3-10,13,16,19-20,25,33H,11-12,14-15,17H2,1-2H3. The maximum absolute atomic E-state index is 13.3. The molecule has 1 aliphatic carbocycles. The number of benzene rings is 2. The fourth-order valence-electron chi connectivity index (χ4n) is 6.54. The third-order valence-corrected chi connectivity index (χ3v) is 8.11. The smallest absolute Gasteiger partial charge is 0.410 e. The van der Waals surface area contributed by atoms with Crippen molar-refractivity contribution >= 4 is 6.09 Å². The van der Waals surface area contributed by atoms with Crippen molar-refractivity contribution in [1.82, 2.24) is 9.88 Å². The highest BCUT2D eigenvalue weighted by atomic mass is 16.6. The molecule has 2 aromatic carbocycles. The fraction of sp³-hybridized carbons (Fsp3) is 0.379. The molecule has 0 saturated carbocycles. The van der Waals surface area contributed by atoms with Crippen molar-refractivity contribution in [3.05, 3.63) is 83.0 Å². The Hall–Kier alpha value is -3.38. The molecule has 2 atom stereocenters. The van der Waals surface area contributed by atoms with Gasteiger partial charge in [-0.1, -0.05) is 48.5 Å². The van der Waals surface area contributed by atoms with Crippen LogP contribution in [0.2, 0.25) is 0 Å². The third-order valence-electron chi connectivity index (χ3n) is 8.11. The summed E-state index contributed by atoms with van der Waals surface area (Å²) in [6, 6.07) is 18.5. The quantitative estimate of drug-likeness (QED) is 0.570. The summed E-state index contributed by atoms with van der Waals surface area (Å²) in [4.78, 5) is 19.5. The van der Waals surface area contributed by atoms with Crippen LogP contribution in [0, 0.1) is 6.92 Å². The van der Waals surface area contributed by atoms with Gasteiger partial charge in [0, 0.05) is 48.7 Å². The molecule has 1 aromatic heterocycles. The van der Waals surface area contributed by atoms with Crippen LogP contribution in [0.5, 0.6) is 5.88 Å². The number of fused-ring (bicyclic) bond motifs is 5. The van der Waals surface area contributed by atoms with Gasteiger partial charge in [-0.05, 0) is 47.6 Å². The van der Waals surface area contributed by atoms with Gasteiger partial charge in [0.1, 0.15) is 6.61 Å². The molecule has 2 aliphatic heterocycles. The Kier molecular flexibility index (Phi) is 5.29. The van der Waals surface area contributed by atoms with E-state index >= 15 is 0 Å². The van der Waals surface area contributed by atoms with E-state index in [9.17, 15) is 9.90 Å². The van der Waals surface area contributed by atoms with Crippen LogP contribution in [0.3, 0.4) is 0 Å². The van der Waals surface area contributed by atoms with Crippen LogP contribution in [-0.4, -0.2) is 46.9 Å². The molecule has 6 heteroatoms. The van der Waals surface area contributed by atoms with E-state index in [1.807, 2.05) is 30.0 Å². The van der Waals surface area contributed by atoms with Gasteiger partial charge in [-0.25, -0.2) is 9.78 Å². The van der Waals surface area contributed by atoms with Gasteiger partial charge in [-0.3, -0.25) is 0 Å². The Morgan fingerprint density at radius 2 is 1.66 bits per heavy atom. The molecule has 180 valence electrons. The van der Waals surface area contributed by atoms with Gasteiger partial charge in [-0.15, -0.1) is 0 Å². The maximum Gasteiger partial charge on any atom is 0.410 e. The third kappa shape index (κ3) is 3.59. The lowest BCUT2D eigenvalue weighted by Gasteiger charge is -2.43. The molecule has 3 heterocycles. The number of hydrogen-bond acceptors (Lipinski definition) is 5. The van der Waals surface area contributed by atoms with Crippen molar-refractivity contribution in [2.45, 2.75) is 56.2 Å². The largest absolute Gasteiger partial charge is 0.481 e. The zero-order chi connectivity index (χ0) is 24.2. The number of amides is 1. The van der Waals surface area contributed by atoms with Crippen LogP contribution in [0.25, 0.3) is 11.1 Å². The molecule has 0 radical (unpaired) electrons. The molecule has 35 heavy (non-hydrogen) atoms. The zero-order valence-corrected chi connectivity index (χ0v) is 20.1. The van der Waals surface area contributed by atoms with E-state index in [0.29, 0.717) is 25.3 Å². The van der Waals surface area contributed by atoms with E-state index in [2.05, 4.69) is 41.4 Å². The highest BCUT2D eigenvalue weighted by molar-refractivity contribution is 5.79. The summed E-state index contributed by atoms with van der Waals surface area (Å²) in [7, 11) is 1.59. The molecule has 1 amide bonds. The molecule has 2 saturated heterocycles. The minimum absolute atomic E-state index is 0.0405. The van der Waals surface area contributed by atoms with Crippen LogP contribution in [0.1, 0.15) is 53.9 Å². The van der Waals surface area contributed by atoms with Gasteiger partial charge in [0.05, 0.1) is 12.7 Å². The van der Waals surface area contributed by atoms with E-state index in [1.165, 1.54) is 22.3 Å². The lowest BCUT2D eigenvalue weighted by Crippen LogP contribution is -2.52. The first-order chi connectivity index (χ1) is 17.0. The Bertz CT molecular complexity index is 1230. The Morgan fingerprint density at radius 3 is 2.23 bits per heavy atom. The summed E-state index contributed by atoms with van der Waals surface area (Å²) in [5, 5.41) is 11.6. The SMILES string of the molecule is COc1cc(C)c(C2(O)CC3CCC(C2)N3C(=O)OCC2c3ccccc3-c3ccccc32)cn1. The number of aliphatic hydroxyl groups is 1. The summed E-state index contributed by atoms with van der Waals surface area (Å²) in [5.74, 6) is 0.577. The molecule has 6 rings (SSSR count). The lowest BCUT2D eigenvalue weighted by molar-refractivity contribution is -0.0537. The molecular weight excluding hydrogens is 440 g/mol. The number of rotatable bonds is 4. The second-order valence-electron chi connectivity index (χ2n) is 10.1. The number of aromatic nitrogens is 1. The van der Waals surface area contributed by atoms with E-state index < -0.39 is 5.60 Å². The number of hydrogen-bond donors (Lipinski definition) is 1.